The molecule has 19 heavy (non-hydrogen) atoms. The van der Waals surface area contributed by atoms with Crippen molar-refractivity contribution in [1.82, 2.24) is 0 Å². The van der Waals surface area contributed by atoms with Gasteiger partial charge in [-0.1, -0.05) is 34.1 Å². The van der Waals surface area contributed by atoms with Crippen LogP contribution in [-0.4, -0.2) is 12.5 Å². The zero-order chi connectivity index (χ0) is 13.7. The first-order valence-electron chi connectivity index (χ1n) is 5.69. The second-order valence-corrected chi connectivity index (χ2v) is 5.66. The molecule has 0 unspecified atom stereocenters. The van der Waals surface area contributed by atoms with Gasteiger partial charge in [-0.15, -0.1) is 0 Å². The molecule has 0 aliphatic rings. The van der Waals surface area contributed by atoms with Crippen LogP contribution >= 0.6 is 31.9 Å². The molecule has 0 fully saturated rings. The van der Waals surface area contributed by atoms with E-state index in [0.717, 1.165) is 20.3 Å². The van der Waals surface area contributed by atoms with E-state index in [1.165, 1.54) is 0 Å². The van der Waals surface area contributed by atoms with Crippen molar-refractivity contribution < 1.29 is 4.79 Å². The van der Waals surface area contributed by atoms with Crippen molar-refractivity contribution in [3.8, 4) is 0 Å². The SMILES string of the molecule is O=C(CNc1ccc(Br)cc1Br)Nc1ccccc1. The average Bonchev–Trinajstić information content (AvgIpc) is 2.39. The Morgan fingerprint density at radius 3 is 2.47 bits per heavy atom. The molecular weight excluding hydrogens is 372 g/mol. The van der Waals surface area contributed by atoms with Gasteiger partial charge in [0.05, 0.1) is 6.54 Å². The maximum Gasteiger partial charge on any atom is 0.243 e. The van der Waals surface area contributed by atoms with Crippen molar-refractivity contribution in [3.05, 3.63) is 57.5 Å². The van der Waals surface area contributed by atoms with Crippen LogP contribution in [0.1, 0.15) is 0 Å². The van der Waals surface area contributed by atoms with Gasteiger partial charge in [0.15, 0.2) is 0 Å². The highest BCUT2D eigenvalue weighted by molar-refractivity contribution is 9.11. The monoisotopic (exact) mass is 382 g/mol. The molecule has 0 heterocycles. The van der Waals surface area contributed by atoms with Crippen LogP contribution in [0, 0.1) is 0 Å². The Bertz CT molecular complexity index is 573. The minimum Gasteiger partial charge on any atom is -0.375 e. The summed E-state index contributed by atoms with van der Waals surface area (Å²) in [5.74, 6) is -0.0824. The Balaban J connectivity index is 1.90. The molecule has 0 spiro atoms. The number of hydrogen-bond acceptors (Lipinski definition) is 2. The minimum atomic E-state index is -0.0824. The standard InChI is InChI=1S/C14H12Br2N2O/c15-10-6-7-13(12(16)8-10)17-9-14(19)18-11-4-2-1-3-5-11/h1-8,17H,9H2,(H,18,19). The van der Waals surface area contributed by atoms with Crippen molar-refractivity contribution in [2.45, 2.75) is 0 Å². The summed E-state index contributed by atoms with van der Waals surface area (Å²) in [5.41, 5.74) is 1.68. The third kappa shape index (κ3) is 4.36. The Labute approximate surface area is 128 Å². The van der Waals surface area contributed by atoms with Crippen molar-refractivity contribution in [3.63, 3.8) is 0 Å². The summed E-state index contributed by atoms with van der Waals surface area (Å²) < 4.78 is 1.90. The minimum absolute atomic E-state index is 0.0824. The second kappa shape index (κ2) is 6.73. The first-order valence-corrected chi connectivity index (χ1v) is 7.27. The van der Waals surface area contributed by atoms with E-state index in [1.807, 2.05) is 48.5 Å². The lowest BCUT2D eigenvalue weighted by molar-refractivity contribution is -0.114. The van der Waals surface area contributed by atoms with Crippen LogP contribution in [-0.2, 0) is 4.79 Å². The number of hydrogen-bond donors (Lipinski definition) is 2. The molecule has 2 aromatic rings. The van der Waals surface area contributed by atoms with Gasteiger partial charge in [0, 0.05) is 20.3 Å². The van der Waals surface area contributed by atoms with Crippen LogP contribution in [0.3, 0.4) is 0 Å². The molecular formula is C14H12Br2N2O. The Kier molecular flexibility index (Phi) is 4.99. The zero-order valence-corrected chi connectivity index (χ0v) is 13.2. The van der Waals surface area contributed by atoms with Gasteiger partial charge in [-0.05, 0) is 46.3 Å². The molecule has 2 N–H and O–H groups in total. The summed E-state index contributed by atoms with van der Waals surface area (Å²) in [6, 6.07) is 15.1. The quantitative estimate of drug-likeness (QED) is 0.827. The first kappa shape index (κ1) is 14.1. The molecule has 1 amide bonds. The summed E-state index contributed by atoms with van der Waals surface area (Å²) >= 11 is 6.82. The van der Waals surface area contributed by atoms with Crippen LogP contribution in [0.2, 0.25) is 0 Å². The summed E-state index contributed by atoms with van der Waals surface area (Å²) in [4.78, 5) is 11.8. The zero-order valence-electron chi connectivity index (χ0n) is 9.99. The van der Waals surface area contributed by atoms with Gasteiger partial charge in [-0.2, -0.15) is 0 Å². The van der Waals surface area contributed by atoms with Gasteiger partial charge in [0.1, 0.15) is 0 Å². The number of anilines is 2. The van der Waals surface area contributed by atoms with Crippen LogP contribution in [0.25, 0.3) is 0 Å². The van der Waals surface area contributed by atoms with Gasteiger partial charge in [-0.3, -0.25) is 4.79 Å². The van der Waals surface area contributed by atoms with Crippen LogP contribution in [0.4, 0.5) is 11.4 Å². The van der Waals surface area contributed by atoms with Crippen molar-refractivity contribution in [2.75, 3.05) is 17.2 Å². The predicted octanol–water partition coefficient (Wildman–Crippen LogP) is 4.26. The van der Waals surface area contributed by atoms with Crippen LogP contribution in [0.15, 0.2) is 57.5 Å². The van der Waals surface area contributed by atoms with E-state index in [-0.39, 0.29) is 12.5 Å². The third-order valence-electron chi connectivity index (χ3n) is 2.43. The van der Waals surface area contributed by atoms with Crippen molar-refractivity contribution in [2.24, 2.45) is 0 Å². The number of amides is 1. The highest BCUT2D eigenvalue weighted by Gasteiger charge is 2.04. The highest BCUT2D eigenvalue weighted by Crippen LogP contribution is 2.25. The topological polar surface area (TPSA) is 41.1 Å². The highest BCUT2D eigenvalue weighted by atomic mass is 79.9. The van der Waals surface area contributed by atoms with E-state index < -0.39 is 0 Å². The van der Waals surface area contributed by atoms with E-state index in [0.29, 0.717) is 0 Å². The third-order valence-corrected chi connectivity index (χ3v) is 3.58. The molecule has 0 saturated heterocycles. The molecule has 0 aromatic heterocycles. The van der Waals surface area contributed by atoms with E-state index in [9.17, 15) is 4.79 Å². The molecule has 3 nitrogen and oxygen atoms in total. The average molecular weight is 384 g/mol. The van der Waals surface area contributed by atoms with Crippen molar-refractivity contribution in [1.29, 1.82) is 0 Å². The summed E-state index contributed by atoms with van der Waals surface area (Å²) in [7, 11) is 0. The van der Waals surface area contributed by atoms with E-state index >= 15 is 0 Å². The second-order valence-electron chi connectivity index (χ2n) is 3.89. The van der Waals surface area contributed by atoms with E-state index in [4.69, 9.17) is 0 Å². The Morgan fingerprint density at radius 2 is 1.79 bits per heavy atom. The number of benzene rings is 2. The molecule has 98 valence electrons. The molecule has 0 bridgehead atoms. The van der Waals surface area contributed by atoms with Crippen LogP contribution in [0.5, 0.6) is 0 Å². The fourth-order valence-electron chi connectivity index (χ4n) is 1.54. The predicted molar refractivity (Wildman–Crippen MR) is 85.4 cm³/mol. The lowest BCUT2D eigenvalue weighted by atomic mass is 10.3. The lowest BCUT2D eigenvalue weighted by Crippen LogP contribution is -2.21. The Morgan fingerprint density at radius 1 is 1.05 bits per heavy atom. The molecule has 0 saturated carbocycles. The molecule has 0 aliphatic heterocycles. The first-order chi connectivity index (χ1) is 9.15. The normalized spacial score (nSPS) is 10.0. The van der Waals surface area contributed by atoms with Gasteiger partial charge in [0.25, 0.3) is 0 Å². The molecule has 5 heteroatoms. The number of para-hydroxylation sites is 1. The summed E-state index contributed by atoms with van der Waals surface area (Å²) in [5, 5.41) is 5.90. The largest absolute Gasteiger partial charge is 0.375 e. The van der Waals surface area contributed by atoms with Crippen LogP contribution < -0.4 is 10.6 Å². The smallest absolute Gasteiger partial charge is 0.243 e. The number of carbonyl (C=O) groups excluding carboxylic acids is 1. The molecule has 0 atom stereocenters. The van der Waals surface area contributed by atoms with Gasteiger partial charge in [-0.25, -0.2) is 0 Å². The lowest BCUT2D eigenvalue weighted by Gasteiger charge is -2.09. The fraction of sp³-hybridized carbons (Fsp3) is 0.0714. The summed E-state index contributed by atoms with van der Waals surface area (Å²) in [6.45, 7) is 0.217. The summed E-state index contributed by atoms with van der Waals surface area (Å²) in [6.07, 6.45) is 0. The van der Waals surface area contributed by atoms with Gasteiger partial charge in [0.2, 0.25) is 5.91 Å². The molecule has 0 radical (unpaired) electrons. The molecule has 2 aromatic carbocycles. The molecule has 0 aliphatic carbocycles. The van der Waals surface area contributed by atoms with Crippen molar-refractivity contribution >= 4 is 49.1 Å². The van der Waals surface area contributed by atoms with E-state index in [1.54, 1.807) is 0 Å². The Hall–Kier alpha value is -1.33. The maximum atomic E-state index is 11.8. The van der Waals surface area contributed by atoms with E-state index in [2.05, 4.69) is 42.5 Å². The van der Waals surface area contributed by atoms with Gasteiger partial charge < -0.3 is 10.6 Å². The molecule has 2 rings (SSSR count). The maximum absolute atomic E-state index is 11.8. The number of nitrogens with one attached hydrogen (secondary N) is 2. The number of carbonyl (C=O) groups is 1. The van der Waals surface area contributed by atoms with Gasteiger partial charge >= 0.3 is 0 Å². The number of rotatable bonds is 4. The fourth-order valence-corrected chi connectivity index (χ4v) is 2.72. The number of halogens is 2.